The number of aryl methyl sites for hydroxylation is 2. The number of thiophene rings is 7. The fourth-order valence-electron chi connectivity index (χ4n) is 14.5. The van der Waals surface area contributed by atoms with Crippen molar-refractivity contribution in [1.82, 2.24) is 0 Å². The summed E-state index contributed by atoms with van der Waals surface area (Å²) in [5.41, 5.74) is 5.79. The molecule has 0 amide bonds. The first-order valence-corrected chi connectivity index (χ1v) is 46.0. The summed E-state index contributed by atoms with van der Waals surface area (Å²) in [6.45, 7) is 13.6. The minimum atomic E-state index is 0.0875. The van der Waals surface area contributed by atoms with E-state index in [-0.39, 0.29) is 20.5 Å². The topological polar surface area (TPSA) is 68.3 Å². The molecule has 2 atom stereocenters. The van der Waals surface area contributed by atoms with Crippen molar-refractivity contribution >= 4 is 169 Å². The van der Waals surface area contributed by atoms with Crippen LogP contribution < -0.4 is 20.9 Å². The average Bonchev–Trinajstić information content (AvgIpc) is 1.59. The van der Waals surface area contributed by atoms with E-state index in [0.29, 0.717) is 11.8 Å². The number of carbonyl (C=O) groups excluding carboxylic acids is 4. The Morgan fingerprint density at radius 3 is 0.889 bits per heavy atom. The van der Waals surface area contributed by atoms with E-state index >= 15 is 0 Å². The summed E-state index contributed by atoms with van der Waals surface area (Å²) in [6, 6.07) is 35.9. The van der Waals surface area contributed by atoms with Crippen LogP contribution in [0.3, 0.4) is 0 Å². The molecule has 9 aromatic rings. The van der Waals surface area contributed by atoms with Gasteiger partial charge in [0.25, 0.3) is 0 Å². The van der Waals surface area contributed by atoms with Gasteiger partial charge in [0.2, 0.25) is 20.5 Å². The van der Waals surface area contributed by atoms with E-state index in [9.17, 15) is 19.2 Å². The maximum atomic E-state index is 14.4. The molecule has 99 heavy (non-hydrogen) atoms. The molecule has 0 saturated carbocycles. The highest BCUT2D eigenvalue weighted by atomic mass is 32.2. The van der Waals surface area contributed by atoms with Gasteiger partial charge in [-0.05, 0) is 218 Å². The van der Waals surface area contributed by atoms with Crippen LogP contribution in [0.2, 0.25) is 0 Å². The second-order valence-electron chi connectivity index (χ2n) is 27.3. The summed E-state index contributed by atoms with van der Waals surface area (Å²) >= 11 is 18.0. The number of benzene rings is 2. The van der Waals surface area contributed by atoms with Gasteiger partial charge in [0, 0.05) is 109 Å². The van der Waals surface area contributed by atoms with Crippen LogP contribution in [-0.4, -0.2) is 20.5 Å². The SMILES string of the molecule is CCCCCCCC(CCCC)c1ccc(C2=c3cc4c(cc3SC2=O)=C(c2cc(CCCCCC)c(-c3ccc(-c5ccc(-c6ccc(-c7sc(C8=c9cc%10c(cc9SC8=O)=C(c8ccc(C(CCCC)CCCCCCC)s8)C(=O)S%10)cc7CCCCCC)s6)s5)s3)s2)C(=O)S4)s1. The lowest BCUT2D eigenvalue weighted by atomic mass is 9.93. The molecule has 0 radical (unpaired) electrons. The van der Waals surface area contributed by atoms with E-state index in [1.807, 2.05) is 56.7 Å². The van der Waals surface area contributed by atoms with Gasteiger partial charge in [-0.1, -0.05) is 170 Å². The molecule has 2 unspecified atom stereocenters. The van der Waals surface area contributed by atoms with Gasteiger partial charge in [0.05, 0.1) is 22.3 Å². The number of fused-ring (bicyclic) bond motifs is 4. The number of carbonyl (C=O) groups is 4. The Kier molecular flexibility index (Phi) is 25.6. The lowest BCUT2D eigenvalue weighted by molar-refractivity contribution is -0.106. The summed E-state index contributed by atoms with van der Waals surface area (Å²) in [6.07, 6.45) is 33.8. The summed E-state index contributed by atoms with van der Waals surface area (Å²) < 4.78 is 0. The monoisotopic (exact) mass is 1520 g/mol. The maximum Gasteiger partial charge on any atom is 0.226 e. The Balaban J connectivity index is 0.762. The number of hydrogen-bond donors (Lipinski definition) is 0. The molecule has 518 valence electrons. The number of rotatable bonds is 38. The number of hydrogen-bond acceptors (Lipinski definition) is 15. The van der Waals surface area contributed by atoms with Gasteiger partial charge in [0.15, 0.2) is 0 Å². The smallest absolute Gasteiger partial charge is 0.226 e. The first-order valence-electron chi connectivity index (χ1n) is 37.0. The molecule has 0 saturated heterocycles. The zero-order valence-corrected chi connectivity index (χ0v) is 67.3. The van der Waals surface area contributed by atoms with Crippen LogP contribution in [0.5, 0.6) is 0 Å². The third kappa shape index (κ3) is 16.6. The zero-order valence-electron chi connectivity index (χ0n) is 58.3. The maximum absolute atomic E-state index is 14.4. The molecule has 0 fully saturated rings. The summed E-state index contributed by atoms with van der Waals surface area (Å²) in [5.74, 6) is 1.07. The third-order valence-electron chi connectivity index (χ3n) is 20.0. The van der Waals surface area contributed by atoms with Crippen molar-refractivity contribution in [1.29, 1.82) is 0 Å². The van der Waals surface area contributed by atoms with Crippen LogP contribution in [0, 0.1) is 0 Å². The molecule has 0 bridgehead atoms. The quantitative estimate of drug-likeness (QED) is 0.0355. The van der Waals surface area contributed by atoms with Gasteiger partial charge in [-0.3, -0.25) is 19.2 Å². The Hall–Kier alpha value is -4.10. The number of unbranched alkanes of at least 4 members (excludes halogenated alkanes) is 16. The molecule has 0 N–H and O–H groups in total. The fraction of sp³-hybridized carbons (Fsp3) is 0.429. The highest BCUT2D eigenvalue weighted by Crippen LogP contribution is 2.50. The molecular weight excluding hydrogens is 1430 g/mol. The highest BCUT2D eigenvalue weighted by Gasteiger charge is 2.34. The molecule has 4 aliphatic heterocycles. The number of thioether (sulfide) groups is 4. The second-order valence-corrected chi connectivity index (χ2v) is 38.9. The Labute approximate surface area is 632 Å². The predicted molar refractivity (Wildman–Crippen MR) is 438 cm³/mol. The molecule has 11 heterocycles. The molecule has 4 aliphatic rings. The van der Waals surface area contributed by atoms with Crippen molar-refractivity contribution in [2.45, 2.75) is 253 Å². The molecule has 2 aromatic carbocycles. The molecule has 4 nitrogen and oxygen atoms in total. The van der Waals surface area contributed by atoms with Crippen LogP contribution in [0.25, 0.3) is 61.3 Å². The molecular formula is C84H92O4S11. The molecule has 0 spiro atoms. The van der Waals surface area contributed by atoms with E-state index in [1.165, 1.54) is 261 Å². The van der Waals surface area contributed by atoms with Crippen molar-refractivity contribution in [3.8, 4) is 39.0 Å². The van der Waals surface area contributed by atoms with Crippen LogP contribution in [0.1, 0.15) is 261 Å². The van der Waals surface area contributed by atoms with Crippen LogP contribution in [0.15, 0.2) is 117 Å². The van der Waals surface area contributed by atoms with Gasteiger partial charge < -0.3 is 0 Å². The molecule has 15 heteroatoms. The molecule has 13 rings (SSSR count). The van der Waals surface area contributed by atoms with Crippen molar-refractivity contribution < 1.29 is 19.2 Å². The minimum Gasteiger partial charge on any atom is -0.281 e. The van der Waals surface area contributed by atoms with Gasteiger partial charge >= 0.3 is 0 Å². The van der Waals surface area contributed by atoms with Gasteiger partial charge in [-0.2, -0.15) is 0 Å². The predicted octanol–water partition coefficient (Wildman–Crippen LogP) is 25.6. The van der Waals surface area contributed by atoms with Crippen LogP contribution in [-0.2, 0) is 32.0 Å². The Morgan fingerprint density at radius 1 is 0.263 bits per heavy atom. The van der Waals surface area contributed by atoms with Gasteiger partial charge in [0.1, 0.15) is 0 Å². The van der Waals surface area contributed by atoms with E-state index < -0.39 is 0 Å². The standard InChI is InChI=1S/C84H92O4S11/c1-7-13-19-23-27-31-51(29-17-11-5)59-35-41-65(89-59)75-55-47-71-57(49-69(55)96-81(75)85)77(83(87)98-71)73-45-53(33-25-21-15-9-3)79(94-73)67-43-39-63(92-67)61-37-38-62(91-61)64-40-44-68(93-64)80-54(34-26-22-16-10-4)46-74(95-80)78-58-50-70-56(48-72(58)99-84(78)88)76(82(86)97-70)66-42-36-60(90-66)52(30-18-12-6)32-28-24-20-14-8-2/h35-52H,7-34H2,1-6H3. The van der Waals surface area contributed by atoms with Crippen LogP contribution in [0.4, 0.5) is 0 Å². The van der Waals surface area contributed by atoms with Gasteiger partial charge in [-0.15, -0.1) is 79.4 Å². The van der Waals surface area contributed by atoms with Crippen molar-refractivity contribution in [3.05, 3.63) is 158 Å². The van der Waals surface area contributed by atoms with Gasteiger partial charge in [-0.25, -0.2) is 0 Å². The largest absolute Gasteiger partial charge is 0.281 e. The summed E-state index contributed by atoms with van der Waals surface area (Å²) in [7, 11) is 0. The molecule has 0 aliphatic carbocycles. The van der Waals surface area contributed by atoms with E-state index in [2.05, 4.69) is 139 Å². The Morgan fingerprint density at radius 2 is 0.545 bits per heavy atom. The highest BCUT2D eigenvalue weighted by molar-refractivity contribution is 8.16. The zero-order chi connectivity index (χ0) is 68.5. The second kappa shape index (κ2) is 34.7. The minimum absolute atomic E-state index is 0.0875. The van der Waals surface area contributed by atoms with Crippen molar-refractivity contribution in [2.75, 3.05) is 0 Å². The van der Waals surface area contributed by atoms with E-state index in [0.717, 1.165) is 108 Å². The summed E-state index contributed by atoms with van der Waals surface area (Å²) in [4.78, 5) is 77.7. The summed E-state index contributed by atoms with van der Waals surface area (Å²) in [5, 5.41) is 4.26. The first-order chi connectivity index (χ1) is 48.5. The van der Waals surface area contributed by atoms with Crippen molar-refractivity contribution in [3.63, 3.8) is 0 Å². The van der Waals surface area contributed by atoms with Crippen molar-refractivity contribution in [2.24, 2.45) is 0 Å². The third-order valence-corrected chi connectivity index (χ3v) is 32.7. The first kappa shape index (κ1) is 73.2. The lowest BCUT2D eigenvalue weighted by Crippen LogP contribution is -2.14. The lowest BCUT2D eigenvalue weighted by Gasteiger charge is -2.15. The fourth-order valence-corrected chi connectivity index (χ4v) is 27.2. The normalized spacial score (nSPS) is 14.8. The average molecular weight is 1520 g/mol. The molecule has 7 aromatic heterocycles. The van der Waals surface area contributed by atoms with E-state index in [4.69, 9.17) is 0 Å². The Bertz CT molecular complexity index is 4390. The van der Waals surface area contributed by atoms with E-state index in [1.54, 1.807) is 22.7 Å². The van der Waals surface area contributed by atoms with Crippen LogP contribution >= 0.6 is 126 Å².